The Morgan fingerprint density at radius 3 is 1.47 bits per heavy atom. The SMILES string of the molecule is C.C1=CC2CC3C=Cc4cccc(c43)C2=C1.C1=CC2Cc3cccc4c3C(C=C4)C2=C1.C1=CC2Cc3cccc4cccc(c34)C2=C1.C1=CC2Cc3ccccc3-c3cccc1c32.C1=CC2Cc3ccccc3C3C=CC1=C23.C1=CC2c3ccccc3Cc3cccc1c32.c1ccc2c(c1)Cc1cccc3cccc-2c13. The highest BCUT2D eigenvalue weighted by molar-refractivity contribution is 6.02. The Balaban J connectivity index is 0.0000000819. The minimum absolute atomic E-state index is 0. The van der Waals surface area contributed by atoms with Gasteiger partial charge in [-0.2, -0.15) is 0 Å². The smallest absolute Gasteiger partial charge is 0.0284 e. The second-order valence-electron chi connectivity index (χ2n) is 32.4. The fourth-order valence-corrected chi connectivity index (χ4v) is 21.7. The van der Waals surface area contributed by atoms with E-state index in [9.17, 15) is 0 Å². The van der Waals surface area contributed by atoms with Gasteiger partial charge in [-0.3, -0.25) is 0 Å². The summed E-state index contributed by atoms with van der Waals surface area (Å²) < 4.78 is 0. The molecule has 9 unspecified atom stereocenters. The van der Waals surface area contributed by atoms with E-state index in [1.165, 1.54) is 163 Å². The number of allylic oxidation sites excluding steroid dienone is 22. The highest BCUT2D eigenvalue weighted by Crippen LogP contribution is 2.53. The van der Waals surface area contributed by atoms with Gasteiger partial charge in [0.15, 0.2) is 0 Å². The number of benzene rings is 12. The molecule has 12 aromatic rings. The number of hydrogen-bond donors (Lipinski definition) is 0. The van der Waals surface area contributed by atoms with Crippen LogP contribution in [0.25, 0.3) is 79.2 Å². The van der Waals surface area contributed by atoms with E-state index >= 15 is 0 Å². The van der Waals surface area contributed by atoms with E-state index in [1.807, 2.05) is 0 Å². The largest absolute Gasteiger partial charge is 0.0776 e. The van der Waals surface area contributed by atoms with Gasteiger partial charge in [0.2, 0.25) is 0 Å². The molecule has 111 heavy (non-hydrogen) atoms. The lowest BCUT2D eigenvalue weighted by Crippen LogP contribution is -2.17. The summed E-state index contributed by atoms with van der Waals surface area (Å²) in [6, 6.07) is 88.5. The van der Waals surface area contributed by atoms with Crippen molar-refractivity contribution < 1.29 is 0 Å². The molecule has 9 atom stereocenters. The van der Waals surface area contributed by atoms with Crippen LogP contribution in [0.1, 0.15) is 155 Å². The van der Waals surface area contributed by atoms with Crippen LogP contribution in [0.5, 0.6) is 0 Å². The fourth-order valence-electron chi connectivity index (χ4n) is 21.7. The zero-order chi connectivity index (χ0) is 72.3. The molecule has 532 valence electrons. The minimum Gasteiger partial charge on any atom is -0.0776 e. The Hall–Kier alpha value is -12.2. The zero-order valence-electron chi connectivity index (χ0n) is 61.9. The third-order valence-corrected chi connectivity index (χ3v) is 26.6. The van der Waals surface area contributed by atoms with E-state index in [0.29, 0.717) is 53.3 Å². The summed E-state index contributed by atoms with van der Waals surface area (Å²) in [7, 11) is 0. The third kappa shape index (κ3) is 11.5. The van der Waals surface area contributed by atoms with Crippen molar-refractivity contribution in [3.8, 4) is 22.3 Å². The highest BCUT2D eigenvalue weighted by Gasteiger charge is 2.38. The maximum absolute atomic E-state index is 2.37. The molecule has 16 aliphatic rings. The Morgan fingerprint density at radius 2 is 0.694 bits per heavy atom. The summed E-state index contributed by atoms with van der Waals surface area (Å²) in [5.41, 5.74) is 43.3. The van der Waals surface area contributed by atoms with Crippen LogP contribution >= 0.6 is 0 Å². The molecule has 0 aliphatic heterocycles. The molecule has 0 nitrogen and oxygen atoms in total. The summed E-state index contributed by atoms with van der Waals surface area (Å²) in [4.78, 5) is 0. The van der Waals surface area contributed by atoms with Crippen molar-refractivity contribution in [3.05, 3.63) is 474 Å². The molecule has 0 fully saturated rings. The molecule has 0 saturated carbocycles. The predicted octanol–water partition coefficient (Wildman–Crippen LogP) is 27.4. The van der Waals surface area contributed by atoms with Gasteiger partial charge in [-0.1, -0.05) is 383 Å². The molecule has 12 aromatic carbocycles. The monoisotopic (exact) mass is 1420 g/mol. The molecule has 0 spiro atoms. The van der Waals surface area contributed by atoms with E-state index in [0.717, 1.165) is 25.7 Å². The van der Waals surface area contributed by atoms with Crippen LogP contribution in [-0.2, 0) is 38.5 Å². The summed E-state index contributed by atoms with van der Waals surface area (Å²) in [5, 5.41) is 5.64. The van der Waals surface area contributed by atoms with Crippen molar-refractivity contribution in [1.29, 1.82) is 0 Å². The predicted molar refractivity (Wildman–Crippen MR) is 469 cm³/mol. The van der Waals surface area contributed by atoms with Gasteiger partial charge in [-0.05, 0) is 222 Å². The van der Waals surface area contributed by atoms with Gasteiger partial charge in [-0.15, -0.1) is 0 Å². The molecule has 0 N–H and O–H groups in total. The third-order valence-electron chi connectivity index (χ3n) is 26.6. The first-order chi connectivity index (χ1) is 54.5. The fraction of sp³-hybridized carbons (Fsp3) is 0.153. The first kappa shape index (κ1) is 66.9. The molecular formula is C111H88. The second-order valence-corrected chi connectivity index (χ2v) is 32.4. The van der Waals surface area contributed by atoms with Crippen LogP contribution in [0.3, 0.4) is 0 Å². The summed E-state index contributed by atoms with van der Waals surface area (Å²) >= 11 is 0. The standard InChI is InChI=1S/C17H12.3C16H12.3C15H12.CH4/c1-2-9-15-13(5-1)11-14-8-3-6-12-7-4-10-16(15)17(12)14;1-4-11-5-2-9-15-14-8-3-6-12(14)10-13(7-1)16(11)15;1-2-7-14-12(4-1)10-13-6-3-5-11-8-9-15(14)16(11)13;1-2-6-14-12(4-1)10-13-9-8-11-5-3-7-15(14)16(11)13;1-3-10-7-8-12-9-11-4-2-5-13(11)14(6-1)15(10)12;1-3-10-7-8-14-13-6-2-4-11(13)9-12(5-1)15(10)14;1-2-4-13-11(3-1)9-12-6-5-10-7-8-14(13)15(10)12;/h1-10H,11H2;1-9,12H,10H2;1-9,15H,10H2;1-9,13H,10H2;1-8,11-12H,9H2;1-8,11,14H,9H2;1-8,12,14H,9H2;1H4. The quantitative estimate of drug-likeness (QED) is 0.142. The Bertz CT molecular complexity index is 6300. The maximum atomic E-state index is 2.37. The van der Waals surface area contributed by atoms with Crippen molar-refractivity contribution in [2.75, 3.05) is 0 Å². The van der Waals surface area contributed by atoms with E-state index in [1.54, 1.807) is 39.0 Å². The van der Waals surface area contributed by atoms with Gasteiger partial charge in [0.1, 0.15) is 0 Å². The van der Waals surface area contributed by atoms with Gasteiger partial charge in [0, 0.05) is 53.3 Å². The molecule has 28 rings (SSSR count). The van der Waals surface area contributed by atoms with Crippen LogP contribution < -0.4 is 0 Å². The molecule has 0 aromatic heterocycles. The van der Waals surface area contributed by atoms with Gasteiger partial charge in [-0.25, -0.2) is 0 Å². The second kappa shape index (κ2) is 27.7. The van der Waals surface area contributed by atoms with Crippen LogP contribution in [-0.4, -0.2) is 0 Å². The average Bonchev–Trinajstić information content (AvgIpc) is 1.37. The summed E-state index contributed by atoms with van der Waals surface area (Å²) in [6.07, 6.45) is 56.5. The Labute approximate surface area is 654 Å². The molecular weight excluding hydrogens is 1330 g/mol. The lowest BCUT2D eigenvalue weighted by Gasteiger charge is -2.28. The topological polar surface area (TPSA) is 0 Å². The molecule has 0 bridgehead atoms. The Morgan fingerprint density at radius 1 is 0.243 bits per heavy atom. The summed E-state index contributed by atoms with van der Waals surface area (Å²) in [6.45, 7) is 0. The molecule has 0 heterocycles. The maximum Gasteiger partial charge on any atom is 0.0284 e. The average molecular weight is 1420 g/mol. The van der Waals surface area contributed by atoms with E-state index < -0.39 is 0 Å². The molecule has 0 heteroatoms. The van der Waals surface area contributed by atoms with Crippen LogP contribution in [0.15, 0.2) is 363 Å². The van der Waals surface area contributed by atoms with Gasteiger partial charge in [0.25, 0.3) is 0 Å². The highest BCUT2D eigenvalue weighted by atomic mass is 14.4. The van der Waals surface area contributed by atoms with Crippen molar-refractivity contribution in [3.63, 3.8) is 0 Å². The van der Waals surface area contributed by atoms with E-state index in [2.05, 4.69) is 370 Å². The molecule has 0 saturated heterocycles. The van der Waals surface area contributed by atoms with Crippen LogP contribution in [0.2, 0.25) is 0 Å². The van der Waals surface area contributed by atoms with E-state index in [4.69, 9.17) is 0 Å². The lowest BCUT2D eigenvalue weighted by atomic mass is 9.75. The lowest BCUT2D eigenvalue weighted by molar-refractivity contribution is 0.649. The first-order valence-electron chi connectivity index (χ1n) is 40.4. The van der Waals surface area contributed by atoms with Crippen molar-refractivity contribution >= 4 is 57.0 Å². The minimum atomic E-state index is 0. The van der Waals surface area contributed by atoms with Crippen LogP contribution in [0.4, 0.5) is 0 Å². The number of rotatable bonds is 0. The molecule has 0 radical (unpaired) electrons. The van der Waals surface area contributed by atoms with Crippen molar-refractivity contribution in [2.24, 2.45) is 23.7 Å². The van der Waals surface area contributed by atoms with Gasteiger partial charge < -0.3 is 0 Å². The first-order valence-corrected chi connectivity index (χ1v) is 40.4. The molecule has 16 aliphatic carbocycles. The molecule has 0 amide bonds. The zero-order valence-corrected chi connectivity index (χ0v) is 61.9. The summed E-state index contributed by atoms with van der Waals surface area (Å²) in [5.74, 6) is 5.56. The number of fused-ring (bicyclic) bond motifs is 14. The normalized spacial score (nSPS) is 22.3. The van der Waals surface area contributed by atoms with Crippen molar-refractivity contribution in [1.82, 2.24) is 0 Å². The van der Waals surface area contributed by atoms with Gasteiger partial charge in [0.05, 0.1) is 0 Å². The Kier molecular flexibility index (Phi) is 16.7. The van der Waals surface area contributed by atoms with Crippen molar-refractivity contribution in [2.45, 2.75) is 82.0 Å². The van der Waals surface area contributed by atoms with Gasteiger partial charge >= 0.3 is 0 Å². The van der Waals surface area contributed by atoms with E-state index in [-0.39, 0.29) is 7.43 Å². The van der Waals surface area contributed by atoms with Crippen LogP contribution in [0, 0.1) is 23.7 Å². The number of hydrogen-bond acceptors (Lipinski definition) is 0.